The lowest BCUT2D eigenvalue weighted by molar-refractivity contribution is -0.146. The second-order valence-electron chi connectivity index (χ2n) is 8.24. The molecule has 194 valence electrons. The number of rotatable bonds is 11. The van der Waals surface area contributed by atoms with Gasteiger partial charge in [-0.3, -0.25) is 9.59 Å². The summed E-state index contributed by atoms with van der Waals surface area (Å²) >= 11 is 0. The zero-order chi connectivity index (χ0) is 26.1. The van der Waals surface area contributed by atoms with Crippen LogP contribution in [0.25, 0.3) is 0 Å². The van der Waals surface area contributed by atoms with E-state index in [-0.39, 0.29) is 26.0 Å². The molecular formula is C21H30N2O11P+. The van der Waals surface area contributed by atoms with Crippen LogP contribution < -0.4 is 10.6 Å². The average Bonchev–Trinajstić information content (AvgIpc) is 2.81. The molecule has 35 heavy (non-hydrogen) atoms. The van der Waals surface area contributed by atoms with Crippen molar-refractivity contribution >= 4 is 32.1 Å². The number of nitrogens with one attached hydrogen (secondary N) is 2. The van der Waals surface area contributed by atoms with Gasteiger partial charge in [0, 0.05) is 18.4 Å². The van der Waals surface area contributed by atoms with Crippen molar-refractivity contribution in [3.63, 3.8) is 0 Å². The maximum absolute atomic E-state index is 12.5. The first kappa shape index (κ1) is 28.4. The second-order valence-corrected chi connectivity index (χ2v) is 9.90. The first-order valence-corrected chi connectivity index (χ1v) is 12.1. The third-order valence-corrected chi connectivity index (χ3v) is 6.29. The van der Waals surface area contributed by atoms with Gasteiger partial charge in [0.25, 0.3) is 5.91 Å². The van der Waals surface area contributed by atoms with Crippen LogP contribution in [0, 0.1) is 5.41 Å². The van der Waals surface area contributed by atoms with E-state index >= 15 is 0 Å². The molecule has 1 aromatic rings. The number of methoxy groups -OCH3 is 1. The summed E-state index contributed by atoms with van der Waals surface area (Å²) in [6.45, 7) is 2.40. The molecule has 1 aromatic carbocycles. The van der Waals surface area contributed by atoms with Gasteiger partial charge < -0.3 is 25.2 Å². The SMILES string of the molecule is COC(=O)CCNC(=O)[C@@H]1O[P+](O)(OCOC(=O)N[C@@H](Cc2ccccc2)C(=O)O)OCC1(C)C. The van der Waals surface area contributed by atoms with E-state index in [9.17, 15) is 29.2 Å². The number of hydrogen-bond acceptors (Lipinski definition) is 10. The summed E-state index contributed by atoms with van der Waals surface area (Å²) in [5.41, 5.74) is -0.158. The molecule has 0 aromatic heterocycles. The van der Waals surface area contributed by atoms with E-state index in [0.717, 1.165) is 0 Å². The third-order valence-electron chi connectivity index (χ3n) is 4.92. The van der Waals surface area contributed by atoms with Crippen molar-refractivity contribution in [1.82, 2.24) is 10.6 Å². The first-order chi connectivity index (χ1) is 16.5. The molecule has 1 aliphatic heterocycles. The number of carboxylic acids is 1. The number of aliphatic carboxylic acids is 1. The molecule has 13 nitrogen and oxygen atoms in total. The van der Waals surface area contributed by atoms with Gasteiger partial charge in [-0.2, -0.15) is 9.42 Å². The molecule has 0 aliphatic carbocycles. The minimum Gasteiger partial charge on any atom is -0.480 e. The van der Waals surface area contributed by atoms with Crippen molar-refractivity contribution < 1.29 is 52.2 Å². The topological polar surface area (TPSA) is 179 Å². The van der Waals surface area contributed by atoms with Gasteiger partial charge in [-0.25, -0.2) is 9.59 Å². The Labute approximate surface area is 202 Å². The summed E-state index contributed by atoms with van der Waals surface area (Å²) in [4.78, 5) is 57.8. The van der Waals surface area contributed by atoms with Gasteiger partial charge in [0.1, 0.15) is 12.6 Å². The molecule has 1 aliphatic rings. The van der Waals surface area contributed by atoms with Crippen molar-refractivity contribution in [2.75, 3.05) is 27.1 Å². The van der Waals surface area contributed by atoms with Crippen LogP contribution >= 0.6 is 8.17 Å². The van der Waals surface area contributed by atoms with Crippen LogP contribution in [0.4, 0.5) is 4.79 Å². The zero-order valence-corrected chi connectivity index (χ0v) is 20.5. The number of alkyl carbamates (subject to hydrolysis) is 1. The highest BCUT2D eigenvalue weighted by Crippen LogP contribution is 2.63. The van der Waals surface area contributed by atoms with Crippen molar-refractivity contribution in [3.05, 3.63) is 35.9 Å². The standard InChI is InChI=1S/C21H29N2O11P/c1-21(2)12-32-35(29,34-17(21)18(25)22-10-9-16(24)30-3)33-13-31-20(28)23-15(19(26)27)11-14-7-5-4-6-8-14/h4-8,15,17,29H,9-13H2,1-3H3,(H2-,22,23,25,26,27,28)/p+1/t15-,17-,35?/m0/s1. The van der Waals surface area contributed by atoms with Gasteiger partial charge in [-0.1, -0.05) is 44.2 Å². The summed E-state index contributed by atoms with van der Waals surface area (Å²) in [6, 6.07) is 7.43. The first-order valence-electron chi connectivity index (χ1n) is 10.6. The predicted octanol–water partition coefficient (Wildman–Crippen LogP) is 1.17. The van der Waals surface area contributed by atoms with Gasteiger partial charge in [-0.05, 0) is 5.56 Å². The Kier molecular flexibility index (Phi) is 10.3. The Morgan fingerprint density at radius 1 is 1.23 bits per heavy atom. The van der Waals surface area contributed by atoms with Crippen LogP contribution in [0.3, 0.4) is 0 Å². The fourth-order valence-corrected chi connectivity index (χ4v) is 4.49. The highest BCUT2D eigenvalue weighted by Gasteiger charge is 2.59. The Morgan fingerprint density at radius 2 is 1.91 bits per heavy atom. The summed E-state index contributed by atoms with van der Waals surface area (Å²) < 4.78 is 25.0. The fourth-order valence-electron chi connectivity index (χ4n) is 2.96. The summed E-state index contributed by atoms with van der Waals surface area (Å²) in [5.74, 6) is -2.37. The number of hydrogen-bond donors (Lipinski definition) is 4. The maximum Gasteiger partial charge on any atom is 0.576 e. The molecule has 0 radical (unpaired) electrons. The molecule has 3 atom stereocenters. The Balaban J connectivity index is 1.86. The van der Waals surface area contributed by atoms with Gasteiger partial charge >= 0.3 is 26.2 Å². The Bertz CT molecular complexity index is 899. The number of carbonyl (C=O) groups is 4. The van der Waals surface area contributed by atoms with Crippen molar-refractivity contribution in [2.24, 2.45) is 5.41 Å². The number of benzene rings is 1. The lowest BCUT2D eigenvalue weighted by Crippen LogP contribution is -2.50. The van der Waals surface area contributed by atoms with Crippen LogP contribution in [0.2, 0.25) is 0 Å². The minimum absolute atomic E-state index is 0.00293. The van der Waals surface area contributed by atoms with E-state index in [2.05, 4.69) is 15.4 Å². The van der Waals surface area contributed by atoms with E-state index in [4.69, 9.17) is 18.3 Å². The smallest absolute Gasteiger partial charge is 0.480 e. The van der Waals surface area contributed by atoms with E-state index in [1.165, 1.54) is 7.11 Å². The molecule has 0 spiro atoms. The third kappa shape index (κ3) is 9.04. The van der Waals surface area contributed by atoms with Gasteiger partial charge in [0.15, 0.2) is 6.10 Å². The van der Waals surface area contributed by atoms with Crippen LogP contribution in [0.15, 0.2) is 30.3 Å². The number of amides is 2. The lowest BCUT2D eigenvalue weighted by Gasteiger charge is -2.36. The van der Waals surface area contributed by atoms with Crippen LogP contribution in [-0.2, 0) is 43.8 Å². The van der Waals surface area contributed by atoms with E-state index in [1.807, 2.05) is 0 Å². The van der Waals surface area contributed by atoms with Crippen molar-refractivity contribution in [3.8, 4) is 0 Å². The van der Waals surface area contributed by atoms with Crippen molar-refractivity contribution in [1.29, 1.82) is 0 Å². The molecule has 1 unspecified atom stereocenters. The average molecular weight is 517 g/mol. The molecule has 2 rings (SSSR count). The summed E-state index contributed by atoms with van der Waals surface area (Å²) in [5, 5.41) is 14.1. The number of carbonyl (C=O) groups excluding carboxylic acids is 3. The summed E-state index contributed by atoms with van der Waals surface area (Å²) in [6.07, 6.45) is -2.32. The lowest BCUT2D eigenvalue weighted by atomic mass is 9.87. The zero-order valence-electron chi connectivity index (χ0n) is 19.6. The molecule has 2 amide bonds. The molecule has 1 saturated heterocycles. The van der Waals surface area contributed by atoms with Crippen LogP contribution in [0.5, 0.6) is 0 Å². The van der Waals surface area contributed by atoms with Crippen LogP contribution in [0.1, 0.15) is 25.8 Å². The molecule has 4 N–H and O–H groups in total. The van der Waals surface area contributed by atoms with Gasteiger partial charge in [-0.15, -0.1) is 9.05 Å². The van der Waals surface area contributed by atoms with Crippen molar-refractivity contribution in [2.45, 2.75) is 38.8 Å². The van der Waals surface area contributed by atoms with Crippen LogP contribution in [-0.4, -0.2) is 73.1 Å². The number of carboxylic acid groups (broad SMARTS) is 1. The highest BCUT2D eigenvalue weighted by molar-refractivity contribution is 7.55. The minimum atomic E-state index is -4.05. The molecule has 1 heterocycles. The summed E-state index contributed by atoms with van der Waals surface area (Å²) in [7, 11) is -2.82. The van der Waals surface area contributed by atoms with Gasteiger partial charge in [0.2, 0.25) is 6.79 Å². The van der Waals surface area contributed by atoms with E-state index in [1.54, 1.807) is 44.2 Å². The predicted molar refractivity (Wildman–Crippen MR) is 121 cm³/mol. The van der Waals surface area contributed by atoms with Gasteiger partial charge in [0.05, 0.1) is 13.5 Å². The Morgan fingerprint density at radius 3 is 2.54 bits per heavy atom. The molecular weight excluding hydrogens is 487 g/mol. The van der Waals surface area contributed by atoms with E-state index in [0.29, 0.717) is 5.56 Å². The second kappa shape index (κ2) is 12.8. The monoisotopic (exact) mass is 517 g/mol. The Hall–Kier alpha value is -2.83. The maximum atomic E-state index is 12.5. The number of esters is 1. The molecule has 0 bridgehead atoms. The highest BCUT2D eigenvalue weighted by atomic mass is 31.2. The molecule has 0 saturated carbocycles. The van der Waals surface area contributed by atoms with E-state index < -0.39 is 56.5 Å². The largest absolute Gasteiger partial charge is 0.576 e. The number of ether oxygens (including phenoxy) is 2. The molecule has 1 fully saturated rings. The fraction of sp³-hybridized carbons (Fsp3) is 0.524. The molecule has 14 heteroatoms. The normalized spacial score (nSPS) is 21.9. The quantitative estimate of drug-likeness (QED) is 0.188.